The van der Waals surface area contributed by atoms with Gasteiger partial charge in [0.1, 0.15) is 10.5 Å². The Morgan fingerprint density at radius 2 is 1.79 bits per heavy atom. The van der Waals surface area contributed by atoms with Crippen molar-refractivity contribution >= 4 is 26.1 Å². The fraction of sp³-hybridized carbons (Fsp3) is 0.143. The summed E-state index contributed by atoms with van der Waals surface area (Å²) < 4.78 is 40.2. The monoisotopic (exact) mass is 302 g/mol. The lowest BCUT2D eigenvalue weighted by Crippen LogP contribution is -3.00. The first-order valence-corrected chi connectivity index (χ1v) is 6.71. The van der Waals surface area contributed by atoms with E-state index in [1.54, 1.807) is 36.4 Å². The van der Waals surface area contributed by atoms with Crippen molar-refractivity contribution < 1.29 is 25.6 Å². The molecule has 0 radical (unpaired) electrons. The highest BCUT2D eigenvalue weighted by Gasteiger charge is 2.48. The Balaban J connectivity index is 0.00000133. The first-order chi connectivity index (χ1) is 8.47. The van der Waals surface area contributed by atoms with E-state index >= 15 is 0 Å². The van der Waals surface area contributed by atoms with Crippen molar-refractivity contribution in [3.8, 4) is 0 Å². The molecular formula is C14H10ClF3S. The number of aryl methyl sites for hydroxylation is 1. The zero-order chi connectivity index (χ0) is 12.9. The smallest absolute Gasteiger partial charge is 0.601 e. The zero-order valence-electron chi connectivity index (χ0n) is 9.96. The van der Waals surface area contributed by atoms with Gasteiger partial charge in [0.15, 0.2) is 9.58 Å². The van der Waals surface area contributed by atoms with Crippen molar-refractivity contribution in [3.63, 3.8) is 0 Å². The van der Waals surface area contributed by atoms with E-state index < -0.39 is 16.0 Å². The Bertz CT molecular complexity index is 693. The Labute approximate surface area is 117 Å². The number of benzene rings is 1. The topological polar surface area (TPSA) is 0 Å². The first kappa shape index (κ1) is 14.2. The first-order valence-electron chi connectivity index (χ1n) is 5.49. The van der Waals surface area contributed by atoms with Crippen LogP contribution in [0.4, 0.5) is 13.2 Å². The molecule has 0 fully saturated rings. The van der Waals surface area contributed by atoms with Crippen molar-refractivity contribution in [3.05, 3.63) is 52.9 Å². The predicted molar refractivity (Wildman–Crippen MR) is 69.6 cm³/mol. The number of halogens is 4. The van der Waals surface area contributed by atoms with Crippen LogP contribution in [0.3, 0.4) is 0 Å². The zero-order valence-corrected chi connectivity index (χ0v) is 11.5. The molecule has 0 saturated heterocycles. The standard InChI is InChI=1S/C14H10F3S.ClH/c1-9-5-6-11-8-13(10-3-2-4-10)18(12(11)7-9)14(15,16)17;/h2-8H,1H3;1H/q+1;/p-1. The lowest BCUT2D eigenvalue weighted by molar-refractivity contribution is -0.0866. The summed E-state index contributed by atoms with van der Waals surface area (Å²) in [5, 5.41) is 0.692. The van der Waals surface area contributed by atoms with Gasteiger partial charge in [0.25, 0.3) is 0 Å². The highest BCUT2D eigenvalue weighted by atomic mass is 35.5. The van der Waals surface area contributed by atoms with Gasteiger partial charge in [-0.25, -0.2) is 0 Å². The van der Waals surface area contributed by atoms with Crippen molar-refractivity contribution in [1.82, 2.24) is 0 Å². The van der Waals surface area contributed by atoms with Crippen LogP contribution in [0.15, 0.2) is 42.5 Å². The van der Waals surface area contributed by atoms with Gasteiger partial charge >= 0.3 is 5.51 Å². The molecule has 5 heteroatoms. The van der Waals surface area contributed by atoms with Crippen LogP contribution < -0.4 is 12.4 Å². The van der Waals surface area contributed by atoms with E-state index in [1.807, 2.05) is 13.0 Å². The van der Waals surface area contributed by atoms with Gasteiger partial charge in [0.2, 0.25) is 0 Å². The number of hydrogen-bond donors (Lipinski definition) is 0. The average molecular weight is 303 g/mol. The quantitative estimate of drug-likeness (QED) is 0.709. The van der Waals surface area contributed by atoms with E-state index in [0.29, 0.717) is 20.5 Å². The maximum absolute atomic E-state index is 13.3. The molecule has 100 valence electrons. The number of fused-ring (bicyclic) bond motifs is 1. The van der Waals surface area contributed by atoms with Gasteiger partial charge in [0.05, 0.1) is 0 Å². The molecule has 2 aromatic rings. The molecule has 1 aliphatic carbocycles. The Kier molecular flexibility index (Phi) is 3.49. The third kappa shape index (κ3) is 2.30. The van der Waals surface area contributed by atoms with E-state index in [2.05, 4.69) is 0 Å². The van der Waals surface area contributed by atoms with Crippen LogP contribution in [-0.4, -0.2) is 0 Å². The van der Waals surface area contributed by atoms with Gasteiger partial charge in [0, 0.05) is 23.1 Å². The fourth-order valence-corrected chi connectivity index (χ4v) is 4.08. The summed E-state index contributed by atoms with van der Waals surface area (Å²) in [5.41, 5.74) is -2.65. The lowest BCUT2D eigenvalue weighted by Gasteiger charge is -2.04. The molecule has 0 nitrogen and oxygen atoms in total. The molecule has 0 bridgehead atoms. The maximum Gasteiger partial charge on any atom is 0.601 e. The molecule has 1 atom stereocenters. The van der Waals surface area contributed by atoms with E-state index in [-0.39, 0.29) is 12.4 Å². The number of rotatable bonds is 1. The number of hydrogen-bond acceptors (Lipinski definition) is 0. The van der Waals surface area contributed by atoms with Crippen molar-refractivity contribution in [2.24, 2.45) is 0 Å². The van der Waals surface area contributed by atoms with E-state index in [9.17, 15) is 13.2 Å². The number of thiophene rings is 1. The third-order valence-electron chi connectivity index (χ3n) is 2.96. The molecule has 0 saturated carbocycles. The molecule has 1 unspecified atom stereocenters. The predicted octanol–water partition coefficient (Wildman–Crippen LogP) is 2.33. The summed E-state index contributed by atoms with van der Waals surface area (Å²) in [6.07, 6.45) is 5.23. The van der Waals surface area contributed by atoms with Crippen LogP contribution in [0.25, 0.3) is 15.7 Å². The molecule has 0 spiro atoms. The van der Waals surface area contributed by atoms with Crippen molar-refractivity contribution in [2.45, 2.75) is 12.4 Å². The second kappa shape index (κ2) is 4.69. The number of alkyl halides is 3. The minimum atomic E-state index is -4.21. The normalized spacial score (nSPS) is 14.9. The lowest BCUT2D eigenvalue weighted by atomic mass is 10.1. The molecule has 1 aromatic carbocycles. The minimum Gasteiger partial charge on any atom is -1.00 e. The Morgan fingerprint density at radius 1 is 1.11 bits per heavy atom. The van der Waals surface area contributed by atoms with Gasteiger partial charge in [-0.1, -0.05) is 12.1 Å². The summed E-state index contributed by atoms with van der Waals surface area (Å²) in [6, 6.07) is 6.94. The second-order valence-electron chi connectivity index (χ2n) is 4.28. The van der Waals surface area contributed by atoms with E-state index in [1.165, 1.54) is 0 Å². The molecule has 1 heterocycles. The second-order valence-corrected chi connectivity index (χ2v) is 6.24. The van der Waals surface area contributed by atoms with Crippen LogP contribution >= 0.6 is 10.5 Å². The van der Waals surface area contributed by atoms with Gasteiger partial charge in [-0.05, 0) is 30.7 Å². The number of allylic oxidation sites excluding steroid dienone is 4. The van der Waals surface area contributed by atoms with Gasteiger partial charge in [-0.15, -0.1) is 13.2 Å². The van der Waals surface area contributed by atoms with Crippen LogP contribution in [0.2, 0.25) is 0 Å². The van der Waals surface area contributed by atoms with Crippen LogP contribution in [0.5, 0.6) is 0 Å². The highest BCUT2D eigenvalue weighted by molar-refractivity contribution is 7.39. The molecule has 0 N–H and O–H groups in total. The van der Waals surface area contributed by atoms with Crippen LogP contribution in [0, 0.1) is 6.92 Å². The van der Waals surface area contributed by atoms with E-state index in [4.69, 9.17) is 0 Å². The molecule has 1 aliphatic rings. The highest BCUT2D eigenvalue weighted by Crippen LogP contribution is 2.53. The fourth-order valence-electron chi connectivity index (χ4n) is 2.06. The SMILES string of the molecule is Cc1ccc2cc(C3=CC=C3)[s+](C(F)(F)F)c2c1.[Cl-]. The summed E-state index contributed by atoms with van der Waals surface area (Å²) in [4.78, 5) is 0.394. The largest absolute Gasteiger partial charge is 1.00 e. The molecule has 0 aliphatic heterocycles. The van der Waals surface area contributed by atoms with Gasteiger partial charge in [-0.3, -0.25) is 0 Å². The average Bonchev–Trinajstić information content (AvgIpc) is 2.51. The molecule has 0 amide bonds. The van der Waals surface area contributed by atoms with Crippen LogP contribution in [-0.2, 0) is 5.51 Å². The molecule has 1 aromatic heterocycles. The Morgan fingerprint density at radius 3 is 2.32 bits per heavy atom. The summed E-state index contributed by atoms with van der Waals surface area (Å²) in [7, 11) is -1.80. The summed E-state index contributed by atoms with van der Waals surface area (Å²) in [6.45, 7) is 1.82. The Hall–Kier alpha value is -1.26. The van der Waals surface area contributed by atoms with Gasteiger partial charge in [-0.2, -0.15) is 0 Å². The summed E-state index contributed by atoms with van der Waals surface area (Å²) in [5.74, 6) is 0. The molecular weight excluding hydrogens is 293 g/mol. The van der Waals surface area contributed by atoms with E-state index in [0.717, 1.165) is 5.56 Å². The van der Waals surface area contributed by atoms with Gasteiger partial charge < -0.3 is 12.4 Å². The molecule has 3 rings (SSSR count). The van der Waals surface area contributed by atoms with Crippen LogP contribution in [0.1, 0.15) is 10.4 Å². The minimum absolute atomic E-state index is 0. The molecule has 19 heavy (non-hydrogen) atoms. The van der Waals surface area contributed by atoms with Crippen molar-refractivity contribution in [1.29, 1.82) is 0 Å². The third-order valence-corrected chi connectivity index (χ3v) is 5.01. The summed E-state index contributed by atoms with van der Waals surface area (Å²) >= 11 is 0. The maximum atomic E-state index is 13.3. The van der Waals surface area contributed by atoms with Crippen molar-refractivity contribution in [2.75, 3.05) is 0 Å².